The van der Waals surface area contributed by atoms with Crippen molar-refractivity contribution < 1.29 is 9.53 Å². The minimum absolute atomic E-state index is 0.0926. The molecule has 0 spiro atoms. The van der Waals surface area contributed by atoms with Crippen molar-refractivity contribution in [3.8, 4) is 0 Å². The van der Waals surface area contributed by atoms with Gasteiger partial charge in [-0.2, -0.15) is 0 Å². The molecule has 0 bridgehead atoms. The fourth-order valence-corrected chi connectivity index (χ4v) is 1.73. The number of hydrogen-bond acceptors (Lipinski definition) is 4. The second-order valence-corrected chi connectivity index (χ2v) is 5.13. The molecule has 0 aromatic heterocycles. The van der Waals surface area contributed by atoms with E-state index in [4.69, 9.17) is 4.74 Å². The van der Waals surface area contributed by atoms with Gasteiger partial charge >= 0.3 is 0 Å². The van der Waals surface area contributed by atoms with Crippen LogP contribution in [0.5, 0.6) is 0 Å². The molecule has 0 aliphatic rings. The Bertz CT molecular complexity index is 206. The summed E-state index contributed by atoms with van der Waals surface area (Å²) in [6.45, 7) is 3.82. The van der Waals surface area contributed by atoms with Crippen LogP contribution in [0.15, 0.2) is 0 Å². The third-order valence-corrected chi connectivity index (χ3v) is 2.69. The van der Waals surface area contributed by atoms with Gasteiger partial charge in [-0.3, -0.25) is 4.79 Å². The SMILES string of the molecule is COCC(=O)N(CCCN(C)C)CCCN(C)C. The molecule has 0 unspecified atom stereocenters. The second kappa shape index (κ2) is 10.3. The zero-order chi connectivity index (χ0) is 14.0. The van der Waals surface area contributed by atoms with Gasteiger partial charge in [0.15, 0.2) is 0 Å². The normalized spacial score (nSPS) is 11.3. The van der Waals surface area contributed by atoms with E-state index in [9.17, 15) is 4.79 Å². The average molecular weight is 259 g/mol. The van der Waals surface area contributed by atoms with Gasteiger partial charge in [0.05, 0.1) is 0 Å². The molecule has 0 fully saturated rings. The fraction of sp³-hybridized carbons (Fsp3) is 0.923. The Balaban J connectivity index is 4.03. The predicted octanol–water partition coefficient (Wildman–Crippen LogP) is 0.365. The van der Waals surface area contributed by atoms with Gasteiger partial charge in [-0.15, -0.1) is 0 Å². The van der Waals surface area contributed by atoms with Crippen LogP contribution in [0.3, 0.4) is 0 Å². The smallest absolute Gasteiger partial charge is 0.248 e. The van der Waals surface area contributed by atoms with Crippen LogP contribution in [0.4, 0.5) is 0 Å². The summed E-state index contributed by atoms with van der Waals surface area (Å²) in [4.78, 5) is 18.1. The van der Waals surface area contributed by atoms with E-state index in [-0.39, 0.29) is 12.5 Å². The Morgan fingerprint density at radius 2 is 1.33 bits per heavy atom. The molecule has 1 amide bonds. The van der Waals surface area contributed by atoms with Gasteiger partial charge < -0.3 is 19.4 Å². The summed E-state index contributed by atoms with van der Waals surface area (Å²) in [5.74, 6) is 0.0926. The summed E-state index contributed by atoms with van der Waals surface area (Å²) in [5, 5.41) is 0. The Morgan fingerprint density at radius 1 is 0.889 bits per heavy atom. The molecule has 0 heterocycles. The maximum Gasteiger partial charge on any atom is 0.248 e. The lowest BCUT2D eigenvalue weighted by Crippen LogP contribution is -2.37. The van der Waals surface area contributed by atoms with Gasteiger partial charge in [-0.1, -0.05) is 0 Å². The molecule has 0 rings (SSSR count). The highest BCUT2D eigenvalue weighted by Crippen LogP contribution is 1.98. The minimum Gasteiger partial charge on any atom is -0.375 e. The van der Waals surface area contributed by atoms with Crippen molar-refractivity contribution in [3.05, 3.63) is 0 Å². The molecule has 0 atom stereocenters. The summed E-state index contributed by atoms with van der Waals surface area (Å²) >= 11 is 0. The van der Waals surface area contributed by atoms with Crippen LogP contribution >= 0.6 is 0 Å². The fourth-order valence-electron chi connectivity index (χ4n) is 1.73. The van der Waals surface area contributed by atoms with E-state index in [0.717, 1.165) is 39.0 Å². The van der Waals surface area contributed by atoms with Crippen LogP contribution in [0, 0.1) is 0 Å². The molecule has 0 aromatic rings. The standard InChI is InChI=1S/C13H29N3O2/c1-14(2)8-6-10-16(13(17)12-18-5)11-7-9-15(3)4/h6-12H2,1-5H3. The zero-order valence-corrected chi connectivity index (χ0v) is 12.6. The highest BCUT2D eigenvalue weighted by atomic mass is 16.5. The van der Waals surface area contributed by atoms with Gasteiger partial charge in [0.1, 0.15) is 6.61 Å². The molecular weight excluding hydrogens is 230 g/mol. The summed E-state index contributed by atoms with van der Waals surface area (Å²) < 4.78 is 4.93. The first kappa shape index (κ1) is 17.4. The molecular formula is C13H29N3O2. The first-order valence-corrected chi connectivity index (χ1v) is 6.53. The van der Waals surface area contributed by atoms with Gasteiger partial charge in [0.25, 0.3) is 0 Å². The minimum atomic E-state index is 0.0926. The number of ether oxygens (including phenoxy) is 1. The van der Waals surface area contributed by atoms with Gasteiger partial charge in [-0.25, -0.2) is 0 Å². The number of amides is 1. The third kappa shape index (κ3) is 9.39. The molecule has 0 aliphatic carbocycles. The van der Waals surface area contributed by atoms with Crippen molar-refractivity contribution in [1.82, 2.24) is 14.7 Å². The molecule has 0 N–H and O–H groups in total. The van der Waals surface area contributed by atoms with E-state index in [2.05, 4.69) is 9.80 Å². The maximum absolute atomic E-state index is 11.9. The largest absolute Gasteiger partial charge is 0.375 e. The second-order valence-electron chi connectivity index (χ2n) is 5.13. The van der Waals surface area contributed by atoms with Crippen molar-refractivity contribution >= 4 is 5.91 Å². The van der Waals surface area contributed by atoms with E-state index >= 15 is 0 Å². The van der Waals surface area contributed by atoms with E-state index in [1.165, 1.54) is 0 Å². The van der Waals surface area contributed by atoms with Crippen LogP contribution < -0.4 is 0 Å². The average Bonchev–Trinajstić information content (AvgIpc) is 2.26. The lowest BCUT2D eigenvalue weighted by molar-refractivity contribution is -0.135. The van der Waals surface area contributed by atoms with Crippen LogP contribution in [0.25, 0.3) is 0 Å². The number of rotatable bonds is 10. The molecule has 5 nitrogen and oxygen atoms in total. The van der Waals surface area contributed by atoms with Crippen molar-refractivity contribution in [2.45, 2.75) is 12.8 Å². The molecule has 18 heavy (non-hydrogen) atoms. The monoisotopic (exact) mass is 259 g/mol. The predicted molar refractivity (Wildman–Crippen MR) is 74.8 cm³/mol. The van der Waals surface area contributed by atoms with Crippen LogP contribution in [-0.4, -0.2) is 88.7 Å². The molecule has 108 valence electrons. The summed E-state index contributed by atoms with van der Waals surface area (Å²) in [7, 11) is 9.76. The van der Waals surface area contributed by atoms with E-state index in [0.29, 0.717) is 0 Å². The molecule has 0 radical (unpaired) electrons. The molecule has 0 aromatic carbocycles. The maximum atomic E-state index is 11.9. The van der Waals surface area contributed by atoms with Gasteiger partial charge in [-0.05, 0) is 54.1 Å². The van der Waals surface area contributed by atoms with Crippen molar-refractivity contribution in [2.75, 3.05) is 68.1 Å². The van der Waals surface area contributed by atoms with E-state index in [1.54, 1.807) is 7.11 Å². The number of hydrogen-bond donors (Lipinski definition) is 0. The van der Waals surface area contributed by atoms with Crippen molar-refractivity contribution in [2.24, 2.45) is 0 Å². The highest BCUT2D eigenvalue weighted by molar-refractivity contribution is 5.77. The first-order chi connectivity index (χ1) is 8.47. The molecule has 0 aliphatic heterocycles. The van der Waals surface area contributed by atoms with E-state index < -0.39 is 0 Å². The molecule has 0 saturated carbocycles. The third-order valence-electron chi connectivity index (χ3n) is 2.69. The van der Waals surface area contributed by atoms with Crippen LogP contribution in [0.2, 0.25) is 0 Å². The highest BCUT2D eigenvalue weighted by Gasteiger charge is 2.12. The quantitative estimate of drug-likeness (QED) is 0.568. The zero-order valence-electron chi connectivity index (χ0n) is 12.6. The number of methoxy groups -OCH3 is 1. The van der Waals surface area contributed by atoms with Gasteiger partial charge in [0.2, 0.25) is 5.91 Å². The van der Waals surface area contributed by atoms with Gasteiger partial charge in [0, 0.05) is 20.2 Å². The Morgan fingerprint density at radius 3 is 1.67 bits per heavy atom. The summed E-state index contributed by atoms with van der Waals surface area (Å²) in [5.41, 5.74) is 0. The van der Waals surface area contributed by atoms with Crippen LogP contribution in [-0.2, 0) is 9.53 Å². The summed E-state index contributed by atoms with van der Waals surface area (Å²) in [6, 6.07) is 0. The molecule has 5 heteroatoms. The first-order valence-electron chi connectivity index (χ1n) is 6.53. The van der Waals surface area contributed by atoms with E-state index in [1.807, 2.05) is 33.1 Å². The number of nitrogens with zero attached hydrogens (tertiary/aromatic N) is 3. The van der Waals surface area contributed by atoms with Crippen molar-refractivity contribution in [3.63, 3.8) is 0 Å². The topological polar surface area (TPSA) is 36.0 Å². The Hall–Kier alpha value is -0.650. The van der Waals surface area contributed by atoms with Crippen LogP contribution in [0.1, 0.15) is 12.8 Å². The number of carbonyl (C=O) groups excluding carboxylic acids is 1. The lowest BCUT2D eigenvalue weighted by atomic mass is 10.3. The summed E-state index contributed by atoms with van der Waals surface area (Å²) in [6.07, 6.45) is 2.01. The Labute approximate surface area is 112 Å². The Kier molecular flexibility index (Phi) is 9.92. The van der Waals surface area contributed by atoms with Crippen molar-refractivity contribution in [1.29, 1.82) is 0 Å². The lowest BCUT2D eigenvalue weighted by Gasteiger charge is -2.24. The number of carbonyl (C=O) groups is 1. The molecule has 0 saturated heterocycles.